The molecule has 0 radical (unpaired) electrons. The predicted octanol–water partition coefficient (Wildman–Crippen LogP) is 2.50. The molecule has 0 bridgehead atoms. The molecular weight excluding hydrogens is 388 g/mol. The van der Waals surface area contributed by atoms with Gasteiger partial charge in [0.05, 0.1) is 28.2 Å². The summed E-state index contributed by atoms with van der Waals surface area (Å²) in [7, 11) is 0. The van der Waals surface area contributed by atoms with Crippen LogP contribution in [0.4, 0.5) is 0 Å². The summed E-state index contributed by atoms with van der Waals surface area (Å²) in [6, 6.07) is 12.9. The lowest BCUT2D eigenvalue weighted by atomic mass is 10.1. The smallest absolute Gasteiger partial charge is 0.270 e. The Morgan fingerprint density at radius 1 is 1.14 bits per heavy atom. The number of nitrogens with one attached hydrogen (secondary N) is 3. The molecule has 3 aromatic rings. The van der Waals surface area contributed by atoms with Gasteiger partial charge in [-0.05, 0) is 35.9 Å². The molecule has 2 heterocycles. The van der Waals surface area contributed by atoms with Crippen LogP contribution in [0.25, 0.3) is 21.5 Å². The first-order valence-electron chi connectivity index (χ1n) is 9.33. The molecule has 1 aromatic carbocycles. The lowest BCUT2D eigenvalue weighted by Crippen LogP contribution is -2.46. The van der Waals surface area contributed by atoms with Gasteiger partial charge in [0.15, 0.2) is 0 Å². The summed E-state index contributed by atoms with van der Waals surface area (Å²) in [5.41, 5.74) is 6.58. The lowest BCUT2D eigenvalue weighted by molar-refractivity contribution is -0.127. The fraction of sp³-hybridized carbons (Fsp3) is 0.238. The van der Waals surface area contributed by atoms with Crippen molar-refractivity contribution in [3.63, 3.8) is 0 Å². The maximum atomic E-state index is 12.7. The number of hydrazine groups is 1. The molecule has 3 amide bonds. The van der Waals surface area contributed by atoms with E-state index in [1.54, 1.807) is 6.07 Å². The van der Waals surface area contributed by atoms with Crippen LogP contribution in [0.1, 0.15) is 23.7 Å². The van der Waals surface area contributed by atoms with Crippen molar-refractivity contribution in [1.82, 2.24) is 21.2 Å². The number of hydrogen-bond acceptors (Lipinski definition) is 5. The van der Waals surface area contributed by atoms with Crippen LogP contribution in [0, 0.1) is 11.8 Å². The number of fused-ring (bicyclic) bond motifs is 1. The van der Waals surface area contributed by atoms with Crippen LogP contribution in [0.3, 0.4) is 0 Å². The highest BCUT2D eigenvalue weighted by Crippen LogP contribution is 2.37. The van der Waals surface area contributed by atoms with Gasteiger partial charge < -0.3 is 5.32 Å². The topological polar surface area (TPSA) is 100 Å². The van der Waals surface area contributed by atoms with Crippen molar-refractivity contribution < 1.29 is 14.4 Å². The van der Waals surface area contributed by atoms with Gasteiger partial charge in [-0.3, -0.25) is 25.2 Å². The maximum Gasteiger partial charge on any atom is 0.270 e. The van der Waals surface area contributed by atoms with Crippen LogP contribution in [-0.2, 0) is 9.59 Å². The zero-order valence-electron chi connectivity index (χ0n) is 15.8. The molecule has 0 spiro atoms. The number of carbonyl (C=O) groups excluding carboxylic acids is 3. The van der Waals surface area contributed by atoms with Gasteiger partial charge in [-0.15, -0.1) is 11.3 Å². The molecule has 148 valence electrons. The fourth-order valence-electron chi connectivity index (χ4n) is 3.14. The number of carbonyl (C=O) groups is 3. The van der Waals surface area contributed by atoms with Gasteiger partial charge in [0.1, 0.15) is 0 Å². The maximum absolute atomic E-state index is 12.7. The molecule has 8 heteroatoms. The highest BCUT2D eigenvalue weighted by molar-refractivity contribution is 7.13. The normalized spacial score (nSPS) is 17.6. The zero-order valence-corrected chi connectivity index (χ0v) is 16.6. The summed E-state index contributed by atoms with van der Waals surface area (Å²) in [4.78, 5) is 42.1. The Morgan fingerprint density at radius 3 is 2.66 bits per heavy atom. The zero-order chi connectivity index (χ0) is 20.4. The van der Waals surface area contributed by atoms with Crippen molar-refractivity contribution in [2.45, 2.75) is 13.3 Å². The monoisotopic (exact) mass is 408 g/mol. The van der Waals surface area contributed by atoms with Gasteiger partial charge >= 0.3 is 0 Å². The molecule has 4 rings (SSSR count). The van der Waals surface area contributed by atoms with Gasteiger partial charge in [0.25, 0.3) is 11.8 Å². The quantitative estimate of drug-likeness (QED) is 0.565. The summed E-state index contributed by atoms with van der Waals surface area (Å²) >= 11 is 1.54. The number of para-hydroxylation sites is 1. The minimum absolute atomic E-state index is 0.00348. The highest BCUT2D eigenvalue weighted by Gasteiger charge is 2.38. The number of hydrogen-bond donors (Lipinski definition) is 3. The Balaban J connectivity index is 1.45. The first-order chi connectivity index (χ1) is 14.0. The Kier molecular flexibility index (Phi) is 5.26. The SMILES string of the molecule is C[C@@H]1C[C@@H]1C(=O)NCC(=O)NNC(=O)c1cc(-c2cccs2)nc2ccccc12. The third-order valence-electron chi connectivity index (χ3n) is 4.92. The first-order valence-corrected chi connectivity index (χ1v) is 10.2. The molecule has 0 unspecified atom stereocenters. The summed E-state index contributed by atoms with van der Waals surface area (Å²) in [5.74, 6) is -0.694. The van der Waals surface area contributed by atoms with Crippen molar-refractivity contribution in [3.05, 3.63) is 53.4 Å². The Morgan fingerprint density at radius 2 is 1.93 bits per heavy atom. The van der Waals surface area contributed by atoms with E-state index in [0.717, 1.165) is 11.3 Å². The number of aromatic nitrogens is 1. The van der Waals surface area contributed by atoms with Gasteiger partial charge in [-0.2, -0.15) is 0 Å². The van der Waals surface area contributed by atoms with E-state index >= 15 is 0 Å². The van der Waals surface area contributed by atoms with E-state index in [9.17, 15) is 14.4 Å². The number of rotatable bonds is 5. The highest BCUT2D eigenvalue weighted by atomic mass is 32.1. The second kappa shape index (κ2) is 8.00. The summed E-state index contributed by atoms with van der Waals surface area (Å²) in [6.07, 6.45) is 0.853. The fourth-order valence-corrected chi connectivity index (χ4v) is 3.82. The van der Waals surface area contributed by atoms with Gasteiger partial charge in [0.2, 0.25) is 5.91 Å². The summed E-state index contributed by atoms with van der Waals surface area (Å²) < 4.78 is 0. The second-order valence-electron chi connectivity index (χ2n) is 7.09. The van der Waals surface area contributed by atoms with Crippen molar-refractivity contribution >= 4 is 40.0 Å². The minimum atomic E-state index is -0.489. The van der Waals surface area contributed by atoms with Crippen LogP contribution in [0.15, 0.2) is 47.8 Å². The molecule has 7 nitrogen and oxygen atoms in total. The van der Waals surface area contributed by atoms with E-state index in [1.165, 1.54) is 11.3 Å². The molecule has 1 fully saturated rings. The minimum Gasteiger partial charge on any atom is -0.347 e. The van der Waals surface area contributed by atoms with E-state index in [4.69, 9.17) is 0 Å². The number of thiophene rings is 1. The van der Waals surface area contributed by atoms with E-state index in [0.29, 0.717) is 28.1 Å². The van der Waals surface area contributed by atoms with Crippen LogP contribution >= 0.6 is 11.3 Å². The Labute approximate surface area is 171 Å². The molecule has 3 N–H and O–H groups in total. The molecule has 2 atom stereocenters. The van der Waals surface area contributed by atoms with E-state index < -0.39 is 11.8 Å². The second-order valence-corrected chi connectivity index (χ2v) is 8.04. The third-order valence-corrected chi connectivity index (χ3v) is 5.81. The Hall–Kier alpha value is -3.26. The molecule has 0 saturated heterocycles. The molecule has 2 aromatic heterocycles. The molecule has 1 aliphatic rings. The number of pyridine rings is 1. The van der Waals surface area contributed by atoms with Crippen LogP contribution in [0.5, 0.6) is 0 Å². The lowest BCUT2D eigenvalue weighted by Gasteiger charge is -2.11. The Bertz CT molecular complexity index is 1080. The van der Waals surface area contributed by atoms with Gasteiger partial charge in [-0.25, -0.2) is 4.98 Å². The number of amides is 3. The molecule has 29 heavy (non-hydrogen) atoms. The van der Waals surface area contributed by atoms with Crippen LogP contribution in [-0.4, -0.2) is 29.3 Å². The molecule has 1 aliphatic carbocycles. The summed E-state index contributed by atoms with van der Waals surface area (Å²) in [5, 5.41) is 5.22. The van der Waals surface area contributed by atoms with Gasteiger partial charge in [0, 0.05) is 11.3 Å². The average molecular weight is 408 g/mol. The number of nitrogens with zero attached hydrogens (tertiary/aromatic N) is 1. The van der Waals surface area contributed by atoms with E-state index in [1.807, 2.05) is 48.7 Å². The standard InChI is InChI=1S/C21H20N4O3S/c1-12-9-14(12)20(27)22-11-19(26)24-25-21(28)15-10-17(18-7-4-8-29-18)23-16-6-3-2-5-13(15)16/h2-8,10,12,14H,9,11H2,1H3,(H,22,27)(H,24,26)(H,25,28)/t12-,14+/m1/s1. The van der Waals surface area contributed by atoms with E-state index in [-0.39, 0.29) is 18.4 Å². The molecule has 0 aliphatic heterocycles. The van der Waals surface area contributed by atoms with Crippen LogP contribution in [0.2, 0.25) is 0 Å². The van der Waals surface area contributed by atoms with Gasteiger partial charge in [-0.1, -0.05) is 31.2 Å². The van der Waals surface area contributed by atoms with E-state index in [2.05, 4.69) is 21.2 Å². The van der Waals surface area contributed by atoms with Crippen molar-refractivity contribution in [3.8, 4) is 10.6 Å². The van der Waals surface area contributed by atoms with Crippen molar-refractivity contribution in [1.29, 1.82) is 0 Å². The van der Waals surface area contributed by atoms with Crippen LogP contribution < -0.4 is 16.2 Å². The molecular formula is C21H20N4O3S. The number of benzene rings is 1. The summed E-state index contributed by atoms with van der Waals surface area (Å²) in [6.45, 7) is 1.81. The van der Waals surface area contributed by atoms with Crippen molar-refractivity contribution in [2.75, 3.05) is 6.54 Å². The first kappa shape index (κ1) is 19.1. The third kappa shape index (κ3) is 4.27. The largest absolute Gasteiger partial charge is 0.347 e. The predicted molar refractivity (Wildman–Crippen MR) is 111 cm³/mol. The average Bonchev–Trinajstić information content (AvgIpc) is 3.23. The molecule has 1 saturated carbocycles. The van der Waals surface area contributed by atoms with Crippen molar-refractivity contribution in [2.24, 2.45) is 11.8 Å².